The van der Waals surface area contributed by atoms with Gasteiger partial charge < -0.3 is 10.2 Å². The van der Waals surface area contributed by atoms with Crippen LogP contribution >= 0.6 is 11.6 Å². The van der Waals surface area contributed by atoms with E-state index in [1.165, 1.54) is 11.2 Å². The average molecular weight is 303 g/mol. The van der Waals surface area contributed by atoms with E-state index >= 15 is 0 Å². The monoisotopic (exact) mass is 302 g/mol. The highest BCUT2D eigenvalue weighted by molar-refractivity contribution is 7.91. The van der Waals surface area contributed by atoms with Crippen molar-refractivity contribution in [2.75, 3.05) is 24.7 Å². The van der Waals surface area contributed by atoms with E-state index in [1.807, 2.05) is 0 Å². The van der Waals surface area contributed by atoms with Crippen molar-refractivity contribution < 1.29 is 13.2 Å². The molecule has 1 saturated heterocycles. The van der Waals surface area contributed by atoms with Crippen LogP contribution in [0.2, 0.25) is 5.02 Å². The molecule has 19 heavy (non-hydrogen) atoms. The van der Waals surface area contributed by atoms with Gasteiger partial charge in [0.1, 0.15) is 0 Å². The topological polar surface area (TPSA) is 66.5 Å². The Morgan fingerprint density at radius 1 is 1.42 bits per heavy atom. The SMILES string of the molecule is CS(=O)(=O)[C@@H]1CCN(C(=O)Nc2ccccc2Cl)C1. The van der Waals surface area contributed by atoms with Crippen LogP contribution in [-0.4, -0.2) is 43.9 Å². The lowest BCUT2D eigenvalue weighted by molar-refractivity contribution is 0.222. The Labute approximate surface area is 117 Å². The average Bonchev–Trinajstić information content (AvgIpc) is 2.81. The summed E-state index contributed by atoms with van der Waals surface area (Å²) in [5.74, 6) is 0. The molecule has 0 spiro atoms. The van der Waals surface area contributed by atoms with Gasteiger partial charge in [-0.1, -0.05) is 23.7 Å². The van der Waals surface area contributed by atoms with Crippen LogP contribution in [0, 0.1) is 0 Å². The summed E-state index contributed by atoms with van der Waals surface area (Å²) >= 11 is 5.95. The zero-order valence-electron chi connectivity index (χ0n) is 10.5. The number of carbonyl (C=O) groups is 1. The standard InChI is InChI=1S/C12H15ClN2O3S/c1-19(17,18)9-6-7-15(8-9)12(16)14-11-5-3-2-4-10(11)13/h2-5,9H,6-8H2,1H3,(H,14,16)/t9-/m1/s1. The molecule has 1 N–H and O–H groups in total. The number of amides is 2. The summed E-state index contributed by atoms with van der Waals surface area (Å²) in [6.07, 6.45) is 1.68. The molecule has 2 amide bonds. The predicted octanol–water partition coefficient (Wildman–Crippen LogP) is 1.99. The van der Waals surface area contributed by atoms with Gasteiger partial charge in [0.2, 0.25) is 0 Å². The fourth-order valence-electron chi connectivity index (χ4n) is 2.02. The van der Waals surface area contributed by atoms with Crippen LogP contribution < -0.4 is 5.32 Å². The number of carbonyl (C=O) groups excluding carboxylic acids is 1. The Morgan fingerprint density at radius 2 is 2.11 bits per heavy atom. The molecule has 1 aliphatic heterocycles. The normalized spacial score (nSPS) is 19.5. The molecule has 1 aromatic carbocycles. The number of nitrogens with one attached hydrogen (secondary N) is 1. The van der Waals surface area contributed by atoms with Crippen molar-refractivity contribution in [1.29, 1.82) is 0 Å². The van der Waals surface area contributed by atoms with Crippen molar-refractivity contribution >= 4 is 33.2 Å². The van der Waals surface area contributed by atoms with Crippen molar-refractivity contribution in [3.8, 4) is 0 Å². The first kappa shape index (κ1) is 14.1. The lowest BCUT2D eigenvalue weighted by Gasteiger charge is -2.17. The number of nitrogens with zero attached hydrogens (tertiary/aromatic N) is 1. The second kappa shape index (κ2) is 5.38. The summed E-state index contributed by atoms with van der Waals surface area (Å²) in [4.78, 5) is 13.5. The number of hydrogen-bond acceptors (Lipinski definition) is 3. The molecule has 5 nitrogen and oxygen atoms in total. The Hall–Kier alpha value is -1.27. The maximum absolute atomic E-state index is 12.0. The van der Waals surface area contributed by atoms with Gasteiger partial charge in [-0.2, -0.15) is 0 Å². The number of urea groups is 1. The van der Waals surface area contributed by atoms with E-state index in [0.717, 1.165) is 0 Å². The summed E-state index contributed by atoms with van der Waals surface area (Å²) in [7, 11) is -3.10. The molecule has 1 fully saturated rings. The van der Waals surface area contributed by atoms with Crippen molar-refractivity contribution in [2.24, 2.45) is 0 Å². The van der Waals surface area contributed by atoms with Gasteiger partial charge in [0.25, 0.3) is 0 Å². The molecule has 0 aliphatic carbocycles. The second-order valence-electron chi connectivity index (χ2n) is 4.60. The Kier molecular flexibility index (Phi) is 4.01. The highest BCUT2D eigenvalue weighted by Gasteiger charge is 2.32. The molecule has 104 valence electrons. The summed E-state index contributed by atoms with van der Waals surface area (Å²) in [6.45, 7) is 0.670. The largest absolute Gasteiger partial charge is 0.323 e. The number of halogens is 1. The van der Waals surface area contributed by atoms with Crippen molar-refractivity contribution in [3.05, 3.63) is 29.3 Å². The molecule has 1 aromatic rings. The van der Waals surface area contributed by atoms with Crippen LogP contribution in [0.3, 0.4) is 0 Å². The lowest BCUT2D eigenvalue weighted by atomic mass is 10.3. The van der Waals surface area contributed by atoms with Crippen LogP contribution in [-0.2, 0) is 9.84 Å². The Bertz CT molecular complexity index is 588. The molecular weight excluding hydrogens is 288 g/mol. The van der Waals surface area contributed by atoms with E-state index in [-0.39, 0.29) is 12.6 Å². The highest BCUT2D eigenvalue weighted by Crippen LogP contribution is 2.22. The van der Waals surface area contributed by atoms with E-state index in [0.29, 0.717) is 23.7 Å². The Balaban J connectivity index is 2.01. The minimum Gasteiger partial charge on any atom is -0.323 e. The summed E-state index contributed by atoms with van der Waals surface area (Å²) < 4.78 is 22.9. The summed E-state index contributed by atoms with van der Waals surface area (Å²) in [5.41, 5.74) is 0.525. The maximum Gasteiger partial charge on any atom is 0.321 e. The van der Waals surface area contributed by atoms with Gasteiger partial charge in [-0.25, -0.2) is 13.2 Å². The number of para-hydroxylation sites is 1. The van der Waals surface area contributed by atoms with E-state index in [9.17, 15) is 13.2 Å². The van der Waals surface area contributed by atoms with Gasteiger partial charge in [-0.3, -0.25) is 0 Å². The van der Waals surface area contributed by atoms with Crippen LogP contribution in [0.1, 0.15) is 6.42 Å². The van der Waals surface area contributed by atoms with Gasteiger partial charge in [0.05, 0.1) is 16.0 Å². The van der Waals surface area contributed by atoms with E-state index in [1.54, 1.807) is 24.3 Å². The first-order valence-corrected chi connectivity index (χ1v) is 8.20. The zero-order valence-corrected chi connectivity index (χ0v) is 12.0. The smallest absolute Gasteiger partial charge is 0.321 e. The Morgan fingerprint density at radius 3 is 2.68 bits per heavy atom. The number of likely N-dealkylation sites (tertiary alicyclic amines) is 1. The summed E-state index contributed by atoms with van der Waals surface area (Å²) in [6, 6.07) is 6.60. The number of benzene rings is 1. The lowest BCUT2D eigenvalue weighted by Crippen LogP contribution is -2.34. The number of anilines is 1. The molecule has 0 aromatic heterocycles. The first-order valence-electron chi connectivity index (χ1n) is 5.87. The van der Waals surface area contributed by atoms with Crippen molar-refractivity contribution in [3.63, 3.8) is 0 Å². The van der Waals surface area contributed by atoms with E-state index < -0.39 is 15.1 Å². The number of hydrogen-bond donors (Lipinski definition) is 1. The van der Waals surface area contributed by atoms with Crippen molar-refractivity contribution in [1.82, 2.24) is 4.90 Å². The van der Waals surface area contributed by atoms with Gasteiger partial charge in [0.15, 0.2) is 9.84 Å². The third kappa shape index (κ3) is 3.39. The third-order valence-corrected chi connectivity index (χ3v) is 5.08. The first-order chi connectivity index (χ1) is 8.88. The minimum atomic E-state index is -3.10. The molecular formula is C12H15ClN2O3S. The fourth-order valence-corrected chi connectivity index (χ4v) is 3.19. The highest BCUT2D eigenvalue weighted by atomic mass is 35.5. The molecule has 0 bridgehead atoms. The number of rotatable bonds is 2. The van der Waals surface area contributed by atoms with Gasteiger partial charge in [0, 0.05) is 19.3 Å². The maximum atomic E-state index is 12.0. The minimum absolute atomic E-state index is 0.231. The molecule has 1 heterocycles. The molecule has 1 aliphatic rings. The molecule has 0 saturated carbocycles. The second-order valence-corrected chi connectivity index (χ2v) is 7.33. The van der Waals surface area contributed by atoms with Crippen LogP contribution in [0.15, 0.2) is 24.3 Å². The predicted molar refractivity (Wildman–Crippen MR) is 75.3 cm³/mol. The molecule has 2 rings (SSSR count). The molecule has 0 unspecified atom stereocenters. The molecule has 0 radical (unpaired) electrons. The summed E-state index contributed by atoms with van der Waals surface area (Å²) in [5, 5.41) is 2.67. The molecule has 1 atom stereocenters. The van der Waals surface area contributed by atoms with Crippen molar-refractivity contribution in [2.45, 2.75) is 11.7 Å². The quantitative estimate of drug-likeness (QED) is 0.908. The van der Waals surface area contributed by atoms with Gasteiger partial charge >= 0.3 is 6.03 Å². The number of sulfone groups is 1. The molecule has 7 heteroatoms. The van der Waals surface area contributed by atoms with Gasteiger partial charge in [-0.15, -0.1) is 0 Å². The zero-order chi connectivity index (χ0) is 14.0. The van der Waals surface area contributed by atoms with Crippen LogP contribution in [0.4, 0.5) is 10.5 Å². The van der Waals surface area contributed by atoms with Crippen LogP contribution in [0.5, 0.6) is 0 Å². The fraction of sp³-hybridized carbons (Fsp3) is 0.417. The van der Waals surface area contributed by atoms with E-state index in [2.05, 4.69) is 5.32 Å². The van der Waals surface area contributed by atoms with Crippen LogP contribution in [0.25, 0.3) is 0 Å². The van der Waals surface area contributed by atoms with Gasteiger partial charge in [-0.05, 0) is 18.6 Å². The third-order valence-electron chi connectivity index (χ3n) is 3.15. The van der Waals surface area contributed by atoms with E-state index in [4.69, 9.17) is 11.6 Å².